The van der Waals surface area contributed by atoms with Gasteiger partial charge in [0, 0.05) is 13.0 Å². The quantitative estimate of drug-likeness (QED) is 0.670. The van der Waals surface area contributed by atoms with E-state index in [-0.39, 0.29) is 17.6 Å². The molecule has 0 amide bonds. The number of aliphatic carboxylic acids is 1. The zero-order chi connectivity index (χ0) is 13.8. The molecular weight excluding hydrogens is 254 g/mol. The molecule has 0 radical (unpaired) electrons. The molecule has 5 nitrogen and oxygen atoms in total. The van der Waals surface area contributed by atoms with E-state index in [0.29, 0.717) is 25.3 Å². The molecule has 0 aromatic heterocycles. The van der Waals surface area contributed by atoms with E-state index >= 15 is 0 Å². The largest absolute Gasteiger partial charge is 0.481 e. The summed E-state index contributed by atoms with van der Waals surface area (Å²) in [6.07, 6.45) is 3.38. The smallest absolute Gasteiger partial charge is 0.303 e. The molecule has 1 fully saturated rings. The molecule has 0 unspecified atom stereocenters. The van der Waals surface area contributed by atoms with Crippen molar-refractivity contribution >= 4 is 16.0 Å². The highest BCUT2D eigenvalue weighted by Crippen LogP contribution is 2.30. The van der Waals surface area contributed by atoms with Gasteiger partial charge in [-0.25, -0.2) is 13.1 Å². The van der Waals surface area contributed by atoms with Gasteiger partial charge in [0.15, 0.2) is 0 Å². The molecule has 1 saturated carbocycles. The zero-order valence-electron chi connectivity index (χ0n) is 11.1. The third-order valence-electron chi connectivity index (χ3n) is 3.29. The van der Waals surface area contributed by atoms with Crippen molar-refractivity contribution in [3.63, 3.8) is 0 Å². The first kappa shape index (κ1) is 15.4. The highest BCUT2D eigenvalue weighted by Gasteiger charge is 2.28. The van der Waals surface area contributed by atoms with Gasteiger partial charge in [-0.05, 0) is 37.0 Å². The first-order valence-corrected chi connectivity index (χ1v) is 8.05. The van der Waals surface area contributed by atoms with Crippen LogP contribution in [0.3, 0.4) is 0 Å². The van der Waals surface area contributed by atoms with E-state index in [9.17, 15) is 13.2 Å². The minimum atomic E-state index is -3.14. The number of carboxylic acids is 1. The second-order valence-corrected chi connectivity index (χ2v) is 7.78. The third kappa shape index (κ3) is 6.96. The van der Waals surface area contributed by atoms with Crippen LogP contribution in [0.4, 0.5) is 0 Å². The van der Waals surface area contributed by atoms with Crippen molar-refractivity contribution in [2.75, 3.05) is 12.3 Å². The van der Waals surface area contributed by atoms with E-state index in [1.165, 1.54) is 0 Å². The molecule has 0 atom stereocenters. The lowest BCUT2D eigenvalue weighted by atomic mass is 9.84. The van der Waals surface area contributed by atoms with Crippen LogP contribution in [0.25, 0.3) is 0 Å². The van der Waals surface area contributed by atoms with Crippen molar-refractivity contribution < 1.29 is 18.3 Å². The van der Waals surface area contributed by atoms with Crippen molar-refractivity contribution in [2.24, 2.45) is 11.3 Å². The Morgan fingerprint density at radius 2 is 1.94 bits per heavy atom. The van der Waals surface area contributed by atoms with Crippen LogP contribution in [0.2, 0.25) is 0 Å². The molecule has 0 aromatic rings. The fourth-order valence-electron chi connectivity index (χ4n) is 1.77. The summed E-state index contributed by atoms with van der Waals surface area (Å²) < 4.78 is 25.9. The lowest BCUT2D eigenvalue weighted by Gasteiger charge is -2.23. The summed E-state index contributed by atoms with van der Waals surface area (Å²) in [5.74, 6) is -0.220. The Morgan fingerprint density at radius 1 is 1.33 bits per heavy atom. The van der Waals surface area contributed by atoms with E-state index in [1.54, 1.807) is 0 Å². The number of carboxylic acid groups (broad SMARTS) is 1. The maximum absolute atomic E-state index is 11.6. The fraction of sp³-hybridized carbons (Fsp3) is 0.917. The summed E-state index contributed by atoms with van der Waals surface area (Å²) in [7, 11) is -3.14. The molecule has 0 aromatic carbocycles. The van der Waals surface area contributed by atoms with Crippen molar-refractivity contribution in [2.45, 2.75) is 46.0 Å². The molecular formula is C12H23NO4S. The SMILES string of the molecule is CC(C)(CCNS(=O)(=O)CC1CC1)CCC(=O)O. The van der Waals surface area contributed by atoms with Gasteiger partial charge in [-0.1, -0.05) is 13.8 Å². The molecule has 0 bridgehead atoms. The van der Waals surface area contributed by atoms with Gasteiger partial charge in [-0.15, -0.1) is 0 Å². The van der Waals surface area contributed by atoms with Crippen molar-refractivity contribution in [3.05, 3.63) is 0 Å². The number of hydrogen-bond acceptors (Lipinski definition) is 3. The van der Waals surface area contributed by atoms with Crippen molar-refractivity contribution in [1.29, 1.82) is 0 Å². The molecule has 0 saturated heterocycles. The molecule has 2 N–H and O–H groups in total. The van der Waals surface area contributed by atoms with E-state index in [4.69, 9.17) is 5.11 Å². The second-order valence-electron chi connectivity index (χ2n) is 5.93. The minimum Gasteiger partial charge on any atom is -0.481 e. The Labute approximate surface area is 109 Å². The lowest BCUT2D eigenvalue weighted by Crippen LogP contribution is -2.30. The van der Waals surface area contributed by atoms with Gasteiger partial charge >= 0.3 is 5.97 Å². The summed E-state index contributed by atoms with van der Waals surface area (Å²) in [4.78, 5) is 10.5. The molecule has 106 valence electrons. The second kappa shape index (κ2) is 6.02. The highest BCUT2D eigenvalue weighted by molar-refractivity contribution is 7.89. The van der Waals surface area contributed by atoms with Gasteiger partial charge < -0.3 is 5.11 Å². The summed E-state index contributed by atoms with van der Waals surface area (Å²) >= 11 is 0. The third-order valence-corrected chi connectivity index (χ3v) is 4.85. The molecule has 1 aliphatic rings. The zero-order valence-corrected chi connectivity index (χ0v) is 11.9. The van der Waals surface area contributed by atoms with Crippen LogP contribution in [-0.2, 0) is 14.8 Å². The van der Waals surface area contributed by atoms with Crippen LogP contribution in [-0.4, -0.2) is 31.8 Å². The Hall–Kier alpha value is -0.620. The highest BCUT2D eigenvalue weighted by atomic mass is 32.2. The van der Waals surface area contributed by atoms with Crippen LogP contribution in [0.15, 0.2) is 0 Å². The Kier molecular flexibility index (Phi) is 5.16. The van der Waals surface area contributed by atoms with Crippen molar-refractivity contribution in [1.82, 2.24) is 4.72 Å². The molecule has 0 aliphatic heterocycles. The predicted molar refractivity (Wildman–Crippen MR) is 69.8 cm³/mol. The first-order valence-electron chi connectivity index (χ1n) is 6.39. The summed E-state index contributed by atoms with van der Waals surface area (Å²) in [5.41, 5.74) is -0.152. The number of rotatable bonds is 9. The van der Waals surface area contributed by atoms with Gasteiger partial charge in [0.25, 0.3) is 0 Å². The van der Waals surface area contributed by atoms with E-state index < -0.39 is 16.0 Å². The minimum absolute atomic E-state index is 0.127. The van der Waals surface area contributed by atoms with Gasteiger partial charge in [0.2, 0.25) is 10.0 Å². The van der Waals surface area contributed by atoms with Gasteiger partial charge in [-0.2, -0.15) is 0 Å². The molecule has 1 rings (SSSR count). The van der Waals surface area contributed by atoms with Crippen LogP contribution < -0.4 is 4.72 Å². The first-order chi connectivity index (χ1) is 8.20. The van der Waals surface area contributed by atoms with E-state index in [2.05, 4.69) is 4.72 Å². The van der Waals surface area contributed by atoms with Gasteiger partial charge in [0.1, 0.15) is 0 Å². The average Bonchev–Trinajstić information content (AvgIpc) is 2.97. The predicted octanol–water partition coefficient (Wildman–Crippen LogP) is 1.60. The molecule has 6 heteroatoms. The maximum atomic E-state index is 11.6. The Balaban J connectivity index is 2.24. The van der Waals surface area contributed by atoms with Crippen LogP contribution in [0, 0.1) is 11.3 Å². The van der Waals surface area contributed by atoms with E-state index in [0.717, 1.165) is 12.8 Å². The summed E-state index contributed by atoms with van der Waals surface area (Å²) in [5, 5.41) is 8.63. The van der Waals surface area contributed by atoms with Gasteiger partial charge in [0.05, 0.1) is 5.75 Å². The fourth-order valence-corrected chi connectivity index (χ4v) is 3.25. The summed E-state index contributed by atoms with van der Waals surface area (Å²) in [6, 6.07) is 0. The standard InChI is InChI=1S/C12H23NO4S/c1-12(2,6-5-11(14)15)7-8-13-18(16,17)9-10-3-4-10/h10,13H,3-9H2,1-2H3,(H,14,15). The topological polar surface area (TPSA) is 83.5 Å². The number of nitrogens with one attached hydrogen (secondary N) is 1. The van der Waals surface area contributed by atoms with Crippen LogP contribution in [0.1, 0.15) is 46.0 Å². The van der Waals surface area contributed by atoms with Crippen LogP contribution >= 0.6 is 0 Å². The number of carbonyl (C=O) groups is 1. The molecule has 1 aliphatic carbocycles. The Bertz CT molecular complexity index is 385. The number of hydrogen-bond donors (Lipinski definition) is 2. The van der Waals surface area contributed by atoms with Gasteiger partial charge in [-0.3, -0.25) is 4.79 Å². The normalized spacial score (nSPS) is 16.8. The number of sulfonamides is 1. The van der Waals surface area contributed by atoms with E-state index in [1.807, 2.05) is 13.8 Å². The summed E-state index contributed by atoms with van der Waals surface area (Å²) in [6.45, 7) is 4.32. The monoisotopic (exact) mass is 277 g/mol. The van der Waals surface area contributed by atoms with Crippen molar-refractivity contribution in [3.8, 4) is 0 Å². The average molecular weight is 277 g/mol. The molecule has 18 heavy (non-hydrogen) atoms. The lowest BCUT2D eigenvalue weighted by molar-refractivity contribution is -0.137. The molecule has 0 spiro atoms. The van der Waals surface area contributed by atoms with Crippen LogP contribution in [0.5, 0.6) is 0 Å². The maximum Gasteiger partial charge on any atom is 0.303 e. The molecule has 0 heterocycles. The Morgan fingerprint density at radius 3 is 2.44 bits per heavy atom.